The van der Waals surface area contributed by atoms with E-state index in [1.165, 1.54) is 18.2 Å². The number of rotatable bonds is 4. The summed E-state index contributed by atoms with van der Waals surface area (Å²) in [7, 11) is 0. The fraction of sp³-hybridized carbons (Fsp3) is 0.333. The summed E-state index contributed by atoms with van der Waals surface area (Å²) < 4.78 is 39.2. The van der Waals surface area contributed by atoms with Crippen molar-refractivity contribution in [2.24, 2.45) is 11.8 Å². The first kappa shape index (κ1) is 19.9. The molecule has 0 radical (unpaired) electrons. The van der Waals surface area contributed by atoms with Gasteiger partial charge >= 0.3 is 6.18 Å². The van der Waals surface area contributed by atoms with Gasteiger partial charge in [-0.15, -0.1) is 0 Å². The van der Waals surface area contributed by atoms with E-state index in [-0.39, 0.29) is 17.5 Å². The molecule has 2 N–H and O–H groups in total. The summed E-state index contributed by atoms with van der Waals surface area (Å²) >= 11 is 0. The van der Waals surface area contributed by atoms with E-state index in [0.717, 1.165) is 11.8 Å². The number of hydrogen-bond acceptors (Lipinski definition) is 2. The Bertz CT molecular complexity index is 829. The van der Waals surface area contributed by atoms with Crippen LogP contribution in [0.1, 0.15) is 31.2 Å². The third-order valence-electron chi connectivity index (χ3n) is 5.00. The summed E-state index contributed by atoms with van der Waals surface area (Å²) in [6.07, 6.45) is -2.55. The van der Waals surface area contributed by atoms with Gasteiger partial charge in [0.15, 0.2) is 0 Å². The molecule has 2 amide bonds. The van der Waals surface area contributed by atoms with E-state index in [1.807, 2.05) is 18.2 Å². The van der Waals surface area contributed by atoms with E-state index in [0.29, 0.717) is 25.7 Å². The lowest BCUT2D eigenvalue weighted by Gasteiger charge is -2.27. The highest BCUT2D eigenvalue weighted by molar-refractivity contribution is 5.95. The Morgan fingerprint density at radius 3 is 1.82 bits per heavy atom. The van der Waals surface area contributed by atoms with Crippen LogP contribution in [0.25, 0.3) is 0 Å². The van der Waals surface area contributed by atoms with Gasteiger partial charge in [-0.25, -0.2) is 0 Å². The van der Waals surface area contributed by atoms with Crippen LogP contribution < -0.4 is 10.6 Å². The first-order valence-corrected chi connectivity index (χ1v) is 9.17. The summed E-state index contributed by atoms with van der Waals surface area (Å²) in [5, 5.41) is 5.27. The lowest BCUT2D eigenvalue weighted by atomic mass is 9.81. The molecule has 4 nitrogen and oxygen atoms in total. The molecular formula is C21H21F3N2O2. The third-order valence-corrected chi connectivity index (χ3v) is 5.00. The zero-order valence-corrected chi connectivity index (χ0v) is 15.1. The number of hydrogen-bond donors (Lipinski definition) is 2. The Kier molecular flexibility index (Phi) is 6.02. The van der Waals surface area contributed by atoms with E-state index in [9.17, 15) is 22.8 Å². The lowest BCUT2D eigenvalue weighted by molar-refractivity contribution is -0.137. The van der Waals surface area contributed by atoms with Gasteiger partial charge in [-0.2, -0.15) is 13.2 Å². The predicted octanol–water partition coefficient (Wildman–Crippen LogP) is 5.09. The molecule has 1 aliphatic carbocycles. The van der Waals surface area contributed by atoms with Crippen LogP contribution in [-0.2, 0) is 15.8 Å². The monoisotopic (exact) mass is 390 g/mol. The SMILES string of the molecule is O=C(Nc1ccccc1)C1CCC(C(=O)Nc2ccccc2C(F)(F)F)CC1. The fourth-order valence-corrected chi connectivity index (χ4v) is 3.46. The Morgan fingerprint density at radius 1 is 0.750 bits per heavy atom. The molecular weight excluding hydrogens is 369 g/mol. The van der Waals surface area contributed by atoms with Gasteiger partial charge < -0.3 is 10.6 Å². The summed E-state index contributed by atoms with van der Waals surface area (Å²) in [6.45, 7) is 0. The van der Waals surface area contributed by atoms with Crippen LogP contribution >= 0.6 is 0 Å². The number of anilines is 2. The average Bonchev–Trinajstić information content (AvgIpc) is 2.68. The molecule has 7 heteroatoms. The van der Waals surface area contributed by atoms with Gasteiger partial charge in [0, 0.05) is 17.5 Å². The van der Waals surface area contributed by atoms with Crippen LogP contribution in [-0.4, -0.2) is 11.8 Å². The number of para-hydroxylation sites is 2. The number of carbonyl (C=O) groups is 2. The first-order valence-electron chi connectivity index (χ1n) is 9.17. The van der Waals surface area contributed by atoms with E-state index >= 15 is 0 Å². The van der Waals surface area contributed by atoms with Gasteiger partial charge in [0.25, 0.3) is 0 Å². The molecule has 1 aliphatic rings. The topological polar surface area (TPSA) is 58.2 Å². The second-order valence-corrected chi connectivity index (χ2v) is 6.94. The second-order valence-electron chi connectivity index (χ2n) is 6.94. The van der Waals surface area contributed by atoms with Crippen LogP contribution in [0.5, 0.6) is 0 Å². The molecule has 0 aromatic heterocycles. The highest BCUT2D eigenvalue weighted by Gasteiger charge is 2.35. The number of nitrogens with one attached hydrogen (secondary N) is 2. The van der Waals surface area contributed by atoms with Crippen molar-refractivity contribution in [3.05, 3.63) is 60.2 Å². The van der Waals surface area contributed by atoms with Crippen molar-refractivity contribution >= 4 is 23.2 Å². The van der Waals surface area contributed by atoms with E-state index in [1.54, 1.807) is 12.1 Å². The predicted molar refractivity (Wildman–Crippen MR) is 101 cm³/mol. The van der Waals surface area contributed by atoms with E-state index in [4.69, 9.17) is 0 Å². The molecule has 0 bridgehead atoms. The van der Waals surface area contributed by atoms with Gasteiger partial charge in [0.05, 0.1) is 11.3 Å². The highest BCUT2D eigenvalue weighted by atomic mass is 19.4. The van der Waals surface area contributed by atoms with Crippen molar-refractivity contribution in [3.8, 4) is 0 Å². The summed E-state index contributed by atoms with van der Waals surface area (Å²) in [5.41, 5.74) is -0.376. The van der Waals surface area contributed by atoms with Crippen molar-refractivity contribution in [3.63, 3.8) is 0 Å². The van der Waals surface area contributed by atoms with E-state index in [2.05, 4.69) is 10.6 Å². The van der Waals surface area contributed by atoms with Gasteiger partial charge in [0.1, 0.15) is 0 Å². The van der Waals surface area contributed by atoms with Gasteiger partial charge in [-0.1, -0.05) is 30.3 Å². The van der Waals surface area contributed by atoms with Crippen molar-refractivity contribution in [1.82, 2.24) is 0 Å². The molecule has 1 saturated carbocycles. The van der Waals surface area contributed by atoms with Crippen LogP contribution in [0.15, 0.2) is 54.6 Å². The van der Waals surface area contributed by atoms with Gasteiger partial charge in [0.2, 0.25) is 11.8 Å². The highest BCUT2D eigenvalue weighted by Crippen LogP contribution is 2.36. The van der Waals surface area contributed by atoms with E-state index < -0.39 is 23.6 Å². The maximum atomic E-state index is 13.1. The summed E-state index contributed by atoms with van der Waals surface area (Å²) in [5.74, 6) is -1.13. The molecule has 3 rings (SSSR count). The first-order chi connectivity index (χ1) is 13.3. The zero-order chi connectivity index (χ0) is 20.1. The minimum absolute atomic E-state index is 0.0903. The van der Waals surface area contributed by atoms with Crippen molar-refractivity contribution in [2.75, 3.05) is 10.6 Å². The standard InChI is InChI=1S/C21H21F3N2O2/c22-21(23,24)17-8-4-5-9-18(17)26-20(28)15-12-10-14(11-13-15)19(27)25-16-6-2-1-3-7-16/h1-9,14-15H,10-13H2,(H,25,27)(H,26,28). The lowest BCUT2D eigenvalue weighted by Crippen LogP contribution is -2.32. The quantitative estimate of drug-likeness (QED) is 0.764. The zero-order valence-electron chi connectivity index (χ0n) is 15.1. The minimum atomic E-state index is -4.53. The Labute approximate surface area is 161 Å². The second kappa shape index (κ2) is 8.46. The number of carbonyl (C=O) groups excluding carboxylic acids is 2. The normalized spacial score (nSPS) is 19.7. The fourth-order valence-electron chi connectivity index (χ4n) is 3.46. The van der Waals surface area contributed by atoms with Crippen molar-refractivity contribution in [1.29, 1.82) is 0 Å². The summed E-state index contributed by atoms with van der Waals surface area (Å²) in [6, 6.07) is 14.1. The summed E-state index contributed by atoms with van der Waals surface area (Å²) in [4.78, 5) is 24.8. The van der Waals surface area contributed by atoms with Crippen LogP contribution in [0.2, 0.25) is 0 Å². The number of halogens is 3. The van der Waals surface area contributed by atoms with Crippen LogP contribution in [0.4, 0.5) is 24.5 Å². The molecule has 0 saturated heterocycles. The Balaban J connectivity index is 1.55. The van der Waals surface area contributed by atoms with Crippen molar-refractivity contribution < 1.29 is 22.8 Å². The number of alkyl halides is 3. The molecule has 0 heterocycles. The number of benzene rings is 2. The molecule has 2 aromatic rings. The molecule has 1 fully saturated rings. The average molecular weight is 390 g/mol. The third kappa shape index (κ3) is 4.91. The maximum absolute atomic E-state index is 13.1. The Hall–Kier alpha value is -2.83. The molecule has 2 aromatic carbocycles. The van der Waals surface area contributed by atoms with Crippen molar-refractivity contribution in [2.45, 2.75) is 31.9 Å². The molecule has 0 spiro atoms. The Morgan fingerprint density at radius 2 is 1.25 bits per heavy atom. The van der Waals surface area contributed by atoms with Gasteiger partial charge in [-0.3, -0.25) is 9.59 Å². The molecule has 148 valence electrons. The van der Waals surface area contributed by atoms with Crippen LogP contribution in [0.3, 0.4) is 0 Å². The molecule has 0 aliphatic heterocycles. The molecule has 28 heavy (non-hydrogen) atoms. The largest absolute Gasteiger partial charge is 0.418 e. The molecule has 0 atom stereocenters. The van der Waals surface area contributed by atoms with Crippen LogP contribution in [0, 0.1) is 11.8 Å². The minimum Gasteiger partial charge on any atom is -0.326 e. The smallest absolute Gasteiger partial charge is 0.326 e. The molecule has 0 unspecified atom stereocenters. The van der Waals surface area contributed by atoms with Gasteiger partial charge in [-0.05, 0) is 49.9 Å². The maximum Gasteiger partial charge on any atom is 0.418 e. The number of amides is 2.